The van der Waals surface area contributed by atoms with Gasteiger partial charge in [-0.1, -0.05) is 31.2 Å². The molecule has 0 amide bonds. The Bertz CT molecular complexity index is 613. The highest BCUT2D eigenvalue weighted by atomic mass is 19.1. The van der Waals surface area contributed by atoms with Gasteiger partial charge in [0.05, 0.1) is 0 Å². The standard InChI is InChI=1S/C17H18F3N/c1-3-17(14-6-4-5-7-15(14)19)21-11(2)13-9-8-12(18)10-16(13)20/h4-11,17,21H,3H2,1-2H3. The van der Waals surface area contributed by atoms with E-state index < -0.39 is 11.6 Å². The molecule has 0 heterocycles. The van der Waals surface area contributed by atoms with Gasteiger partial charge in [-0.2, -0.15) is 0 Å². The highest BCUT2D eigenvalue weighted by Crippen LogP contribution is 2.25. The van der Waals surface area contributed by atoms with Gasteiger partial charge in [0.15, 0.2) is 0 Å². The molecule has 0 saturated heterocycles. The molecule has 0 fully saturated rings. The molecule has 2 unspecified atom stereocenters. The predicted octanol–water partition coefficient (Wildman–Crippen LogP) is 4.91. The van der Waals surface area contributed by atoms with Crippen molar-refractivity contribution in [1.29, 1.82) is 0 Å². The van der Waals surface area contributed by atoms with Crippen LogP contribution in [0.2, 0.25) is 0 Å². The van der Waals surface area contributed by atoms with E-state index >= 15 is 0 Å². The van der Waals surface area contributed by atoms with E-state index in [9.17, 15) is 13.2 Å². The van der Waals surface area contributed by atoms with Crippen molar-refractivity contribution in [2.75, 3.05) is 0 Å². The third kappa shape index (κ3) is 3.64. The van der Waals surface area contributed by atoms with E-state index in [1.807, 2.05) is 6.92 Å². The first-order chi connectivity index (χ1) is 10.0. The molecular formula is C17H18F3N. The maximum absolute atomic E-state index is 13.8. The minimum Gasteiger partial charge on any atom is -0.303 e. The summed E-state index contributed by atoms with van der Waals surface area (Å²) in [6.07, 6.45) is 0.661. The summed E-state index contributed by atoms with van der Waals surface area (Å²) in [5, 5.41) is 3.20. The third-order valence-corrected chi connectivity index (χ3v) is 3.57. The van der Waals surface area contributed by atoms with Gasteiger partial charge in [-0.05, 0) is 25.5 Å². The van der Waals surface area contributed by atoms with E-state index in [1.165, 1.54) is 18.2 Å². The zero-order valence-corrected chi connectivity index (χ0v) is 12.0. The third-order valence-electron chi connectivity index (χ3n) is 3.57. The maximum atomic E-state index is 13.8. The van der Waals surface area contributed by atoms with Crippen LogP contribution >= 0.6 is 0 Å². The van der Waals surface area contributed by atoms with Crippen LogP contribution in [-0.2, 0) is 0 Å². The van der Waals surface area contributed by atoms with Crippen LogP contribution in [0.1, 0.15) is 43.5 Å². The Morgan fingerprint density at radius 3 is 2.29 bits per heavy atom. The number of hydrogen-bond donors (Lipinski definition) is 1. The largest absolute Gasteiger partial charge is 0.303 e. The molecule has 0 aromatic heterocycles. The first-order valence-corrected chi connectivity index (χ1v) is 6.98. The second kappa shape index (κ2) is 6.76. The predicted molar refractivity (Wildman–Crippen MR) is 77.3 cm³/mol. The maximum Gasteiger partial charge on any atom is 0.130 e. The molecule has 2 atom stereocenters. The topological polar surface area (TPSA) is 12.0 Å². The molecular weight excluding hydrogens is 275 g/mol. The lowest BCUT2D eigenvalue weighted by Gasteiger charge is -2.23. The van der Waals surface area contributed by atoms with E-state index in [4.69, 9.17) is 0 Å². The van der Waals surface area contributed by atoms with Crippen molar-refractivity contribution in [3.63, 3.8) is 0 Å². The Kier molecular flexibility index (Phi) is 5.02. The van der Waals surface area contributed by atoms with Gasteiger partial charge in [0.2, 0.25) is 0 Å². The van der Waals surface area contributed by atoms with Crippen molar-refractivity contribution < 1.29 is 13.2 Å². The van der Waals surface area contributed by atoms with Gasteiger partial charge < -0.3 is 5.32 Å². The quantitative estimate of drug-likeness (QED) is 0.826. The van der Waals surface area contributed by atoms with Gasteiger partial charge in [0.25, 0.3) is 0 Å². The fourth-order valence-electron chi connectivity index (χ4n) is 2.43. The van der Waals surface area contributed by atoms with Crippen LogP contribution < -0.4 is 5.32 Å². The summed E-state index contributed by atoms with van der Waals surface area (Å²) >= 11 is 0. The lowest BCUT2D eigenvalue weighted by atomic mass is 10.0. The van der Waals surface area contributed by atoms with Gasteiger partial charge in [0, 0.05) is 29.3 Å². The monoisotopic (exact) mass is 293 g/mol. The van der Waals surface area contributed by atoms with Crippen LogP contribution in [0, 0.1) is 17.5 Å². The number of benzene rings is 2. The number of halogens is 3. The van der Waals surface area contributed by atoms with Gasteiger partial charge in [-0.3, -0.25) is 0 Å². The fourth-order valence-corrected chi connectivity index (χ4v) is 2.43. The Morgan fingerprint density at radius 1 is 0.952 bits per heavy atom. The molecule has 0 spiro atoms. The van der Waals surface area contributed by atoms with Crippen molar-refractivity contribution in [3.8, 4) is 0 Å². The fraction of sp³-hybridized carbons (Fsp3) is 0.294. The van der Waals surface area contributed by atoms with Crippen molar-refractivity contribution in [1.82, 2.24) is 5.32 Å². The van der Waals surface area contributed by atoms with Gasteiger partial charge >= 0.3 is 0 Å². The van der Waals surface area contributed by atoms with Crippen molar-refractivity contribution >= 4 is 0 Å². The zero-order valence-electron chi connectivity index (χ0n) is 12.0. The Balaban J connectivity index is 2.20. The molecule has 21 heavy (non-hydrogen) atoms. The van der Waals surface area contributed by atoms with Crippen LogP contribution in [0.25, 0.3) is 0 Å². The molecule has 2 rings (SSSR count). The Morgan fingerprint density at radius 2 is 1.67 bits per heavy atom. The van der Waals surface area contributed by atoms with Gasteiger partial charge in [0.1, 0.15) is 17.5 Å². The zero-order chi connectivity index (χ0) is 15.4. The SMILES string of the molecule is CCC(NC(C)c1ccc(F)cc1F)c1ccccc1F. The molecule has 1 N–H and O–H groups in total. The molecule has 0 aliphatic rings. The summed E-state index contributed by atoms with van der Waals surface area (Å²) in [5.41, 5.74) is 0.917. The van der Waals surface area contributed by atoms with Crippen molar-refractivity contribution in [3.05, 3.63) is 71.0 Å². The van der Waals surface area contributed by atoms with E-state index in [0.29, 0.717) is 17.5 Å². The minimum atomic E-state index is -0.607. The highest BCUT2D eigenvalue weighted by molar-refractivity contribution is 5.24. The Hall–Kier alpha value is -1.81. The van der Waals surface area contributed by atoms with Crippen LogP contribution in [-0.4, -0.2) is 0 Å². The van der Waals surface area contributed by atoms with Crippen molar-refractivity contribution in [2.24, 2.45) is 0 Å². The van der Waals surface area contributed by atoms with E-state index in [2.05, 4.69) is 5.32 Å². The average molecular weight is 293 g/mol. The normalized spacial score (nSPS) is 14.0. The van der Waals surface area contributed by atoms with Crippen LogP contribution in [0.15, 0.2) is 42.5 Å². The Labute approximate surface area is 122 Å². The second-order valence-corrected chi connectivity index (χ2v) is 5.04. The molecule has 0 radical (unpaired) electrons. The van der Waals surface area contributed by atoms with E-state index in [0.717, 1.165) is 6.07 Å². The molecule has 0 aliphatic carbocycles. The summed E-state index contributed by atoms with van der Waals surface area (Å²) in [5.74, 6) is -1.49. The summed E-state index contributed by atoms with van der Waals surface area (Å²) < 4.78 is 40.6. The molecule has 2 aromatic carbocycles. The lowest BCUT2D eigenvalue weighted by Crippen LogP contribution is -2.25. The summed E-state index contributed by atoms with van der Waals surface area (Å²) in [6, 6.07) is 9.43. The number of rotatable bonds is 5. The summed E-state index contributed by atoms with van der Waals surface area (Å²) in [6.45, 7) is 3.71. The minimum absolute atomic E-state index is 0.231. The van der Waals surface area contributed by atoms with E-state index in [1.54, 1.807) is 25.1 Å². The van der Waals surface area contributed by atoms with Gasteiger partial charge in [-0.15, -0.1) is 0 Å². The highest BCUT2D eigenvalue weighted by Gasteiger charge is 2.18. The molecule has 1 nitrogen and oxygen atoms in total. The van der Waals surface area contributed by atoms with Crippen LogP contribution in [0.4, 0.5) is 13.2 Å². The van der Waals surface area contributed by atoms with E-state index in [-0.39, 0.29) is 17.9 Å². The molecule has 0 bridgehead atoms. The number of nitrogens with one attached hydrogen (secondary N) is 1. The lowest BCUT2D eigenvalue weighted by molar-refractivity contribution is 0.427. The summed E-state index contributed by atoms with van der Waals surface area (Å²) in [7, 11) is 0. The number of hydrogen-bond acceptors (Lipinski definition) is 1. The first kappa shape index (κ1) is 15.6. The van der Waals surface area contributed by atoms with Crippen LogP contribution in [0.5, 0.6) is 0 Å². The summed E-state index contributed by atoms with van der Waals surface area (Å²) in [4.78, 5) is 0. The molecule has 2 aromatic rings. The molecule has 112 valence electrons. The average Bonchev–Trinajstić information content (AvgIpc) is 2.45. The first-order valence-electron chi connectivity index (χ1n) is 6.98. The molecule has 4 heteroatoms. The van der Waals surface area contributed by atoms with Crippen molar-refractivity contribution in [2.45, 2.75) is 32.4 Å². The second-order valence-electron chi connectivity index (χ2n) is 5.04. The molecule has 0 aliphatic heterocycles. The molecule has 0 saturated carbocycles. The smallest absolute Gasteiger partial charge is 0.130 e. The van der Waals surface area contributed by atoms with Gasteiger partial charge in [-0.25, -0.2) is 13.2 Å². The van der Waals surface area contributed by atoms with Crippen LogP contribution in [0.3, 0.4) is 0 Å².